The van der Waals surface area contributed by atoms with E-state index in [0.717, 1.165) is 24.0 Å². The molecule has 10 rings (SSSR count). The molecule has 2 aliphatic heterocycles. The van der Waals surface area contributed by atoms with Gasteiger partial charge in [-0.1, -0.05) is 106 Å². The van der Waals surface area contributed by atoms with Crippen LogP contribution in [0.5, 0.6) is 0 Å². The van der Waals surface area contributed by atoms with E-state index in [1.165, 1.54) is 109 Å². The Balaban J connectivity index is 1.38. The minimum Gasteiger partial charge on any atom is -0.456 e. The van der Waals surface area contributed by atoms with Crippen molar-refractivity contribution in [1.29, 1.82) is 0 Å². The van der Waals surface area contributed by atoms with Crippen molar-refractivity contribution in [1.82, 2.24) is 4.48 Å². The summed E-state index contributed by atoms with van der Waals surface area (Å²) in [6, 6.07) is 43.4. The molecule has 2 aliphatic rings. The quantitative estimate of drug-likeness (QED) is 0.165. The van der Waals surface area contributed by atoms with Crippen LogP contribution < -0.4 is 15.8 Å². The van der Waals surface area contributed by atoms with E-state index in [1.54, 1.807) is 0 Å². The topological polar surface area (TPSA) is 21.3 Å². The fraction of sp³-hybridized carbons (Fsp3) is 0.182. The minimum atomic E-state index is 0.0279. The number of para-hydroxylation sites is 3. The molecule has 2 aromatic heterocycles. The highest BCUT2D eigenvalue weighted by molar-refractivity contribution is 6.90. The second kappa shape index (κ2) is 10.7. The molecule has 8 aromatic rings. The first-order chi connectivity index (χ1) is 23.7. The van der Waals surface area contributed by atoms with Gasteiger partial charge >= 0.3 is 6.85 Å². The molecule has 0 unspecified atom stereocenters. The number of benzene rings is 6. The van der Waals surface area contributed by atoms with Crippen LogP contribution in [0, 0.1) is 0 Å². The van der Waals surface area contributed by atoms with E-state index in [4.69, 9.17) is 4.42 Å². The SMILES string of the molecule is CCCCc1cccc(N2c3cc(CCCC)ccc3B3c4c2cc2oc5ccccc5c2c4-c2cccc4c5ccccc5n3c24)c1. The third-order valence-electron chi connectivity index (χ3n) is 10.9. The summed E-state index contributed by atoms with van der Waals surface area (Å²) in [7, 11) is 0. The maximum atomic E-state index is 6.76. The molecule has 0 fully saturated rings. The maximum Gasteiger partial charge on any atom is 0.333 e. The lowest BCUT2D eigenvalue weighted by molar-refractivity contribution is 0.669. The van der Waals surface area contributed by atoms with Crippen molar-refractivity contribution in [2.24, 2.45) is 0 Å². The van der Waals surface area contributed by atoms with Crippen LogP contribution >= 0.6 is 0 Å². The largest absolute Gasteiger partial charge is 0.456 e. The van der Waals surface area contributed by atoms with Crippen LogP contribution in [0.3, 0.4) is 0 Å². The monoisotopic (exact) mass is 620 g/mol. The molecule has 0 aliphatic carbocycles. The predicted octanol–water partition coefficient (Wildman–Crippen LogP) is 10.8. The van der Waals surface area contributed by atoms with Crippen LogP contribution in [0.4, 0.5) is 17.1 Å². The molecule has 6 aromatic carbocycles. The van der Waals surface area contributed by atoms with Gasteiger partial charge in [-0.2, -0.15) is 0 Å². The van der Waals surface area contributed by atoms with Crippen molar-refractivity contribution in [3.05, 3.63) is 126 Å². The van der Waals surface area contributed by atoms with Gasteiger partial charge in [0.1, 0.15) is 11.2 Å². The second-order valence-corrected chi connectivity index (χ2v) is 13.8. The van der Waals surface area contributed by atoms with Crippen molar-refractivity contribution < 1.29 is 4.42 Å². The van der Waals surface area contributed by atoms with Gasteiger partial charge in [0, 0.05) is 61.3 Å². The second-order valence-electron chi connectivity index (χ2n) is 13.8. The molecule has 0 atom stereocenters. The lowest BCUT2D eigenvalue weighted by atomic mass is 9.44. The fourth-order valence-corrected chi connectivity index (χ4v) is 8.77. The Morgan fingerprint density at radius 1 is 0.625 bits per heavy atom. The molecule has 0 spiro atoms. The Kier molecular flexibility index (Phi) is 6.18. The Bertz CT molecular complexity index is 2570. The van der Waals surface area contributed by atoms with Crippen LogP contribution in [0.15, 0.2) is 120 Å². The molecule has 232 valence electrons. The summed E-state index contributed by atoms with van der Waals surface area (Å²) in [6.45, 7) is 4.59. The molecule has 0 bridgehead atoms. The summed E-state index contributed by atoms with van der Waals surface area (Å²) >= 11 is 0. The standard InChI is InChI=1S/C44H37BN2O/c1-3-5-13-28-15-11-16-30(25-28)46-37-26-29(14-6-4-2)23-24-35(37)45-43-38(46)27-40-41(33-18-8-10-22-39(33)48-40)42(43)34-20-12-19-32-31-17-7-9-21-36(31)47(45)44(32)34/h7-12,15-27H,3-6,13-14H2,1-2H3. The van der Waals surface area contributed by atoms with Gasteiger partial charge in [0.15, 0.2) is 0 Å². The molecule has 4 heteroatoms. The zero-order valence-corrected chi connectivity index (χ0v) is 27.6. The highest BCUT2D eigenvalue weighted by Crippen LogP contribution is 2.49. The van der Waals surface area contributed by atoms with E-state index >= 15 is 0 Å². The Morgan fingerprint density at radius 3 is 2.23 bits per heavy atom. The summed E-state index contributed by atoms with van der Waals surface area (Å²) in [5.41, 5.74) is 16.3. The number of hydrogen-bond acceptors (Lipinski definition) is 2. The zero-order chi connectivity index (χ0) is 31.9. The summed E-state index contributed by atoms with van der Waals surface area (Å²) in [4.78, 5) is 2.55. The number of fused-ring (bicyclic) bond motifs is 11. The minimum absolute atomic E-state index is 0.0279. The first kappa shape index (κ1) is 27.9. The van der Waals surface area contributed by atoms with Gasteiger partial charge < -0.3 is 13.8 Å². The van der Waals surface area contributed by atoms with Crippen molar-refractivity contribution in [3.63, 3.8) is 0 Å². The zero-order valence-electron chi connectivity index (χ0n) is 27.6. The molecular weight excluding hydrogens is 583 g/mol. The van der Waals surface area contributed by atoms with Crippen molar-refractivity contribution >= 4 is 78.6 Å². The van der Waals surface area contributed by atoms with Gasteiger partial charge in [-0.25, -0.2) is 0 Å². The first-order valence-electron chi connectivity index (χ1n) is 17.8. The van der Waals surface area contributed by atoms with E-state index in [-0.39, 0.29) is 6.85 Å². The third kappa shape index (κ3) is 3.83. The molecule has 4 heterocycles. The first-order valence-corrected chi connectivity index (χ1v) is 17.8. The van der Waals surface area contributed by atoms with Gasteiger partial charge in [0.05, 0.1) is 0 Å². The number of anilines is 3. The summed E-state index contributed by atoms with van der Waals surface area (Å²) in [6.07, 6.45) is 6.92. The van der Waals surface area contributed by atoms with Gasteiger partial charge in [0.25, 0.3) is 0 Å². The molecular formula is C44H37BN2O. The Labute approximate surface area is 281 Å². The van der Waals surface area contributed by atoms with Gasteiger partial charge in [-0.15, -0.1) is 0 Å². The number of aromatic nitrogens is 1. The number of aryl methyl sites for hydroxylation is 2. The number of unbranched alkanes of at least 4 members (excludes halogenated alkanes) is 2. The number of rotatable bonds is 7. The highest BCUT2D eigenvalue weighted by atomic mass is 16.3. The van der Waals surface area contributed by atoms with Crippen LogP contribution in [0.25, 0.3) is 54.9 Å². The average Bonchev–Trinajstić information content (AvgIpc) is 3.67. The normalized spacial score (nSPS) is 13.2. The molecule has 0 saturated carbocycles. The van der Waals surface area contributed by atoms with E-state index in [2.05, 4.69) is 138 Å². The number of nitrogens with zero attached hydrogens (tertiary/aromatic N) is 2. The van der Waals surface area contributed by atoms with Crippen LogP contribution in [0.1, 0.15) is 50.7 Å². The molecule has 48 heavy (non-hydrogen) atoms. The van der Waals surface area contributed by atoms with E-state index in [1.807, 2.05) is 0 Å². The molecule has 0 saturated heterocycles. The lowest BCUT2D eigenvalue weighted by Gasteiger charge is -2.41. The summed E-state index contributed by atoms with van der Waals surface area (Å²) < 4.78 is 9.41. The average molecular weight is 621 g/mol. The lowest BCUT2D eigenvalue weighted by Crippen LogP contribution is -2.56. The third-order valence-corrected chi connectivity index (χ3v) is 10.9. The van der Waals surface area contributed by atoms with Crippen LogP contribution in [-0.4, -0.2) is 11.3 Å². The van der Waals surface area contributed by atoms with Gasteiger partial charge in [0.2, 0.25) is 0 Å². The van der Waals surface area contributed by atoms with E-state index in [0.29, 0.717) is 0 Å². The van der Waals surface area contributed by atoms with Gasteiger partial charge in [-0.05, 0) is 83.6 Å². The molecule has 0 N–H and O–H groups in total. The van der Waals surface area contributed by atoms with Crippen LogP contribution in [0.2, 0.25) is 0 Å². The Hall–Kier alpha value is -5.22. The fourth-order valence-electron chi connectivity index (χ4n) is 8.77. The van der Waals surface area contributed by atoms with Gasteiger partial charge in [-0.3, -0.25) is 0 Å². The van der Waals surface area contributed by atoms with Crippen molar-refractivity contribution in [3.8, 4) is 11.1 Å². The Morgan fingerprint density at radius 2 is 1.38 bits per heavy atom. The molecule has 0 radical (unpaired) electrons. The smallest absolute Gasteiger partial charge is 0.333 e. The van der Waals surface area contributed by atoms with Crippen molar-refractivity contribution in [2.75, 3.05) is 4.90 Å². The number of hydrogen-bond donors (Lipinski definition) is 0. The number of furan rings is 1. The maximum absolute atomic E-state index is 6.76. The van der Waals surface area contributed by atoms with Crippen LogP contribution in [-0.2, 0) is 12.8 Å². The highest BCUT2D eigenvalue weighted by Gasteiger charge is 2.44. The van der Waals surface area contributed by atoms with E-state index in [9.17, 15) is 0 Å². The molecule has 0 amide bonds. The van der Waals surface area contributed by atoms with Crippen molar-refractivity contribution in [2.45, 2.75) is 52.4 Å². The summed E-state index contributed by atoms with van der Waals surface area (Å²) in [5.74, 6) is 0. The summed E-state index contributed by atoms with van der Waals surface area (Å²) in [5, 5.41) is 5.02. The van der Waals surface area contributed by atoms with E-state index < -0.39 is 0 Å². The molecule has 3 nitrogen and oxygen atoms in total. The predicted molar refractivity (Wildman–Crippen MR) is 204 cm³/mol.